The first-order valence-electron chi connectivity index (χ1n) is 6.30. The molecule has 21 heavy (non-hydrogen) atoms. The molecule has 0 saturated heterocycles. The van der Waals surface area contributed by atoms with E-state index in [1.54, 1.807) is 0 Å². The minimum absolute atomic E-state index is 0.00813. The SMILES string of the molecule is CC(F)(F)CCCc1cc(=O)oc2nc(CF)[nH]c(=O)c12. The molecule has 0 atom stereocenters. The van der Waals surface area contributed by atoms with Gasteiger partial charge in [-0.3, -0.25) is 4.79 Å². The summed E-state index contributed by atoms with van der Waals surface area (Å²) in [6.45, 7) is -0.215. The molecular weight excluding hydrogens is 289 g/mol. The van der Waals surface area contributed by atoms with Crippen LogP contribution in [0.3, 0.4) is 0 Å². The maximum absolute atomic E-state index is 12.8. The average molecular weight is 302 g/mol. The summed E-state index contributed by atoms with van der Waals surface area (Å²) >= 11 is 0. The number of fused-ring (bicyclic) bond motifs is 1. The fourth-order valence-electron chi connectivity index (χ4n) is 2.04. The predicted octanol–water partition coefficient (Wildman–Crippen LogP) is 2.32. The second kappa shape index (κ2) is 5.71. The molecule has 0 aliphatic rings. The van der Waals surface area contributed by atoms with Gasteiger partial charge in [-0.1, -0.05) is 0 Å². The third kappa shape index (κ3) is 3.71. The minimum Gasteiger partial charge on any atom is -0.403 e. The first-order valence-corrected chi connectivity index (χ1v) is 6.30. The minimum atomic E-state index is -2.82. The second-order valence-electron chi connectivity index (χ2n) is 4.84. The number of rotatable bonds is 5. The summed E-state index contributed by atoms with van der Waals surface area (Å²) in [5.41, 5.74) is -1.43. The number of aromatic amines is 1. The highest BCUT2D eigenvalue weighted by Crippen LogP contribution is 2.21. The lowest BCUT2D eigenvalue weighted by molar-refractivity contribution is 0.0111. The molecule has 0 saturated carbocycles. The molecule has 5 nitrogen and oxygen atoms in total. The molecule has 0 aliphatic carbocycles. The highest BCUT2D eigenvalue weighted by molar-refractivity contribution is 5.75. The Morgan fingerprint density at radius 3 is 2.71 bits per heavy atom. The lowest BCUT2D eigenvalue weighted by atomic mass is 10.0. The largest absolute Gasteiger partial charge is 0.403 e. The van der Waals surface area contributed by atoms with Crippen molar-refractivity contribution in [3.8, 4) is 0 Å². The highest BCUT2D eigenvalue weighted by atomic mass is 19.3. The van der Waals surface area contributed by atoms with Gasteiger partial charge in [0.25, 0.3) is 5.56 Å². The Morgan fingerprint density at radius 2 is 2.10 bits per heavy atom. The smallest absolute Gasteiger partial charge is 0.337 e. The quantitative estimate of drug-likeness (QED) is 0.919. The van der Waals surface area contributed by atoms with E-state index in [9.17, 15) is 22.8 Å². The van der Waals surface area contributed by atoms with E-state index in [-0.39, 0.29) is 41.8 Å². The van der Waals surface area contributed by atoms with Gasteiger partial charge in [0.15, 0.2) is 0 Å². The Labute approximate surface area is 116 Å². The third-order valence-corrected chi connectivity index (χ3v) is 2.93. The first kappa shape index (κ1) is 15.3. The maximum atomic E-state index is 12.8. The lowest BCUT2D eigenvalue weighted by Crippen LogP contribution is -2.16. The van der Waals surface area contributed by atoms with Crippen molar-refractivity contribution in [2.75, 3.05) is 0 Å². The Kier molecular flexibility index (Phi) is 4.15. The Bertz CT molecular complexity index is 762. The molecule has 0 spiro atoms. The predicted molar refractivity (Wildman–Crippen MR) is 69.3 cm³/mol. The van der Waals surface area contributed by atoms with E-state index in [4.69, 9.17) is 4.42 Å². The number of alkyl halides is 3. The van der Waals surface area contributed by atoms with Gasteiger partial charge in [0, 0.05) is 12.5 Å². The normalized spacial score (nSPS) is 12.0. The van der Waals surface area contributed by atoms with Gasteiger partial charge in [-0.05, 0) is 25.3 Å². The molecule has 0 amide bonds. The summed E-state index contributed by atoms with van der Waals surface area (Å²) in [6, 6.07) is 1.07. The van der Waals surface area contributed by atoms with Gasteiger partial charge in [-0.25, -0.2) is 18.0 Å². The molecule has 2 aromatic rings. The zero-order chi connectivity index (χ0) is 15.6. The Hall–Kier alpha value is -2.12. The fraction of sp³-hybridized carbons (Fsp3) is 0.462. The van der Waals surface area contributed by atoms with E-state index < -0.39 is 23.8 Å². The Balaban J connectivity index is 2.44. The van der Waals surface area contributed by atoms with Crippen LogP contribution in [-0.4, -0.2) is 15.9 Å². The molecule has 0 unspecified atom stereocenters. The lowest BCUT2D eigenvalue weighted by Gasteiger charge is -2.09. The second-order valence-corrected chi connectivity index (χ2v) is 4.84. The summed E-state index contributed by atoms with van der Waals surface area (Å²) in [6.07, 6.45) is -0.180. The standard InChI is InChI=1S/C13H13F3N2O3/c1-13(15,16)4-2-3-7-5-9(19)21-12-10(7)11(20)17-8(6-14)18-12/h5H,2-4,6H2,1H3,(H,17,18,20). The summed E-state index contributed by atoms with van der Waals surface area (Å²) in [4.78, 5) is 29.2. The topological polar surface area (TPSA) is 76.0 Å². The molecule has 0 aromatic carbocycles. The van der Waals surface area contributed by atoms with Crippen LogP contribution in [0.5, 0.6) is 0 Å². The van der Waals surface area contributed by atoms with Crippen LogP contribution in [-0.2, 0) is 13.1 Å². The molecule has 0 radical (unpaired) electrons. The van der Waals surface area contributed by atoms with E-state index in [2.05, 4.69) is 9.97 Å². The number of hydrogen-bond acceptors (Lipinski definition) is 4. The van der Waals surface area contributed by atoms with E-state index in [0.717, 1.165) is 13.0 Å². The van der Waals surface area contributed by atoms with Crippen LogP contribution in [0.15, 0.2) is 20.1 Å². The number of aryl methyl sites for hydroxylation is 1. The number of aromatic nitrogens is 2. The Morgan fingerprint density at radius 1 is 1.38 bits per heavy atom. The molecule has 114 valence electrons. The van der Waals surface area contributed by atoms with Crippen LogP contribution >= 0.6 is 0 Å². The van der Waals surface area contributed by atoms with Crippen molar-refractivity contribution < 1.29 is 17.6 Å². The van der Waals surface area contributed by atoms with Crippen LogP contribution in [0.25, 0.3) is 11.1 Å². The van der Waals surface area contributed by atoms with Crippen LogP contribution in [0, 0.1) is 0 Å². The summed E-state index contributed by atoms with van der Waals surface area (Å²) in [7, 11) is 0. The van der Waals surface area contributed by atoms with Crippen molar-refractivity contribution in [1.82, 2.24) is 9.97 Å². The van der Waals surface area contributed by atoms with Crippen LogP contribution < -0.4 is 11.2 Å². The zero-order valence-electron chi connectivity index (χ0n) is 11.2. The number of nitrogens with one attached hydrogen (secondary N) is 1. The van der Waals surface area contributed by atoms with Crippen LogP contribution in [0.2, 0.25) is 0 Å². The van der Waals surface area contributed by atoms with Crippen LogP contribution in [0.1, 0.15) is 31.2 Å². The molecular formula is C13H13F3N2O3. The number of halogens is 3. The number of nitrogens with zero attached hydrogens (tertiary/aromatic N) is 1. The molecule has 8 heteroatoms. The molecule has 0 fully saturated rings. The maximum Gasteiger partial charge on any atom is 0.337 e. The summed E-state index contributed by atoms with van der Waals surface area (Å²) < 4.78 is 42.9. The van der Waals surface area contributed by atoms with Crippen molar-refractivity contribution in [3.63, 3.8) is 0 Å². The third-order valence-electron chi connectivity index (χ3n) is 2.93. The van der Waals surface area contributed by atoms with Gasteiger partial charge in [0.2, 0.25) is 11.6 Å². The summed E-state index contributed by atoms with van der Waals surface area (Å²) in [5.74, 6) is -3.07. The van der Waals surface area contributed by atoms with Crippen molar-refractivity contribution >= 4 is 11.1 Å². The van der Waals surface area contributed by atoms with Crippen LogP contribution in [0.4, 0.5) is 13.2 Å². The van der Waals surface area contributed by atoms with Crippen molar-refractivity contribution in [2.24, 2.45) is 0 Å². The molecule has 0 aliphatic heterocycles. The highest BCUT2D eigenvalue weighted by Gasteiger charge is 2.21. The van der Waals surface area contributed by atoms with Crippen molar-refractivity contribution in [1.29, 1.82) is 0 Å². The van der Waals surface area contributed by atoms with Gasteiger partial charge < -0.3 is 9.40 Å². The van der Waals surface area contributed by atoms with E-state index in [1.807, 2.05) is 0 Å². The number of hydrogen-bond donors (Lipinski definition) is 1. The molecule has 0 bridgehead atoms. The molecule has 2 heterocycles. The fourth-order valence-corrected chi connectivity index (χ4v) is 2.04. The first-order chi connectivity index (χ1) is 9.80. The summed E-state index contributed by atoms with van der Waals surface area (Å²) in [5, 5.41) is -0.00813. The molecule has 1 N–H and O–H groups in total. The monoisotopic (exact) mass is 302 g/mol. The van der Waals surface area contributed by atoms with E-state index in [0.29, 0.717) is 0 Å². The van der Waals surface area contributed by atoms with Gasteiger partial charge in [0.05, 0.1) is 0 Å². The van der Waals surface area contributed by atoms with Gasteiger partial charge in [-0.15, -0.1) is 0 Å². The van der Waals surface area contributed by atoms with E-state index >= 15 is 0 Å². The van der Waals surface area contributed by atoms with Crippen molar-refractivity contribution in [3.05, 3.63) is 38.2 Å². The molecule has 2 aromatic heterocycles. The van der Waals surface area contributed by atoms with E-state index in [1.165, 1.54) is 0 Å². The van der Waals surface area contributed by atoms with Gasteiger partial charge in [-0.2, -0.15) is 4.98 Å². The molecule has 2 rings (SSSR count). The van der Waals surface area contributed by atoms with Gasteiger partial charge in [0.1, 0.15) is 17.9 Å². The number of H-pyrrole nitrogens is 1. The van der Waals surface area contributed by atoms with Gasteiger partial charge >= 0.3 is 5.63 Å². The van der Waals surface area contributed by atoms with Crippen molar-refractivity contribution in [2.45, 2.75) is 38.8 Å². The average Bonchev–Trinajstić information content (AvgIpc) is 2.35. The zero-order valence-corrected chi connectivity index (χ0v) is 11.2.